The molecule has 8 nitrogen and oxygen atoms in total. The van der Waals surface area contributed by atoms with E-state index < -0.39 is 23.5 Å². The Balaban J connectivity index is 2.04. The molecule has 4 amide bonds. The van der Waals surface area contributed by atoms with Crippen LogP contribution in [0.1, 0.15) is 39.5 Å². The van der Waals surface area contributed by atoms with E-state index in [4.69, 9.17) is 5.11 Å². The number of carbonyl (C=O) groups is 4. The van der Waals surface area contributed by atoms with Gasteiger partial charge >= 0.3 is 12.0 Å². The third-order valence-electron chi connectivity index (χ3n) is 4.87. The molecule has 0 aromatic carbocycles. The van der Waals surface area contributed by atoms with Gasteiger partial charge in [0.05, 0.1) is 5.92 Å². The Hall–Kier alpha value is -2.12. The van der Waals surface area contributed by atoms with Crippen molar-refractivity contribution in [3.8, 4) is 0 Å². The lowest BCUT2D eigenvalue weighted by atomic mass is 9.93. The van der Waals surface area contributed by atoms with Gasteiger partial charge in [-0.05, 0) is 25.7 Å². The van der Waals surface area contributed by atoms with E-state index in [1.807, 2.05) is 13.8 Å². The van der Waals surface area contributed by atoms with Crippen molar-refractivity contribution in [1.29, 1.82) is 0 Å². The molecule has 1 unspecified atom stereocenters. The SMILES string of the molecule is CCC1(CC)NC(=O)N(CC(=O)N2CCCC(C(=O)O)C2)C1=O. The van der Waals surface area contributed by atoms with Gasteiger partial charge in [-0.15, -0.1) is 0 Å². The molecule has 2 heterocycles. The molecule has 2 N–H and O–H groups in total. The first-order valence-corrected chi connectivity index (χ1v) is 7.99. The fraction of sp³-hybridized carbons (Fsp3) is 0.733. The van der Waals surface area contributed by atoms with E-state index in [-0.39, 0.29) is 24.9 Å². The monoisotopic (exact) mass is 325 g/mol. The second-order valence-electron chi connectivity index (χ2n) is 6.13. The predicted molar refractivity (Wildman–Crippen MR) is 80.5 cm³/mol. The molecule has 128 valence electrons. The highest BCUT2D eigenvalue weighted by Crippen LogP contribution is 2.25. The van der Waals surface area contributed by atoms with Gasteiger partial charge in [-0.3, -0.25) is 19.3 Å². The van der Waals surface area contributed by atoms with Gasteiger partial charge in [0.1, 0.15) is 12.1 Å². The highest BCUT2D eigenvalue weighted by molar-refractivity contribution is 6.09. The first-order valence-electron chi connectivity index (χ1n) is 7.99. The number of urea groups is 1. The summed E-state index contributed by atoms with van der Waals surface area (Å²) in [6.45, 7) is 3.88. The number of carboxylic acid groups (broad SMARTS) is 1. The van der Waals surface area contributed by atoms with Crippen LogP contribution in [0.15, 0.2) is 0 Å². The topological polar surface area (TPSA) is 107 Å². The maximum Gasteiger partial charge on any atom is 0.325 e. The predicted octanol–water partition coefficient (Wildman–Crippen LogP) is 0.420. The van der Waals surface area contributed by atoms with Crippen LogP contribution in [-0.4, -0.2) is 63.9 Å². The van der Waals surface area contributed by atoms with Crippen LogP contribution >= 0.6 is 0 Å². The van der Waals surface area contributed by atoms with Crippen LogP contribution < -0.4 is 5.32 Å². The van der Waals surface area contributed by atoms with E-state index in [9.17, 15) is 19.2 Å². The molecule has 0 bridgehead atoms. The van der Waals surface area contributed by atoms with Gasteiger partial charge in [-0.2, -0.15) is 0 Å². The largest absolute Gasteiger partial charge is 0.481 e. The summed E-state index contributed by atoms with van der Waals surface area (Å²) in [5.41, 5.74) is -0.928. The summed E-state index contributed by atoms with van der Waals surface area (Å²) >= 11 is 0. The van der Waals surface area contributed by atoms with Crippen molar-refractivity contribution in [3.05, 3.63) is 0 Å². The Morgan fingerprint density at radius 2 is 1.96 bits per heavy atom. The van der Waals surface area contributed by atoms with Crippen molar-refractivity contribution >= 4 is 23.8 Å². The minimum Gasteiger partial charge on any atom is -0.481 e. The molecule has 0 saturated carbocycles. The summed E-state index contributed by atoms with van der Waals surface area (Å²) in [7, 11) is 0. The van der Waals surface area contributed by atoms with Crippen LogP contribution in [0.4, 0.5) is 4.79 Å². The van der Waals surface area contributed by atoms with Crippen LogP contribution in [0.2, 0.25) is 0 Å². The maximum absolute atomic E-state index is 12.5. The number of aliphatic carboxylic acids is 1. The highest BCUT2D eigenvalue weighted by atomic mass is 16.4. The molecule has 0 aromatic rings. The molecule has 0 aromatic heterocycles. The second-order valence-corrected chi connectivity index (χ2v) is 6.13. The van der Waals surface area contributed by atoms with Crippen molar-refractivity contribution in [2.45, 2.75) is 45.1 Å². The Labute approximate surface area is 134 Å². The number of carbonyl (C=O) groups excluding carboxylic acids is 3. The number of rotatable bonds is 5. The minimum atomic E-state index is -0.928. The zero-order chi connectivity index (χ0) is 17.2. The number of amides is 4. The molecule has 2 fully saturated rings. The molecular formula is C15H23N3O5. The van der Waals surface area contributed by atoms with Crippen LogP contribution in [0.25, 0.3) is 0 Å². The molecule has 0 radical (unpaired) electrons. The number of piperidine rings is 1. The molecule has 2 rings (SSSR count). The van der Waals surface area contributed by atoms with Gasteiger partial charge in [0.2, 0.25) is 5.91 Å². The summed E-state index contributed by atoms with van der Waals surface area (Å²) in [4.78, 5) is 50.3. The van der Waals surface area contributed by atoms with E-state index in [1.165, 1.54) is 4.90 Å². The van der Waals surface area contributed by atoms with Crippen molar-refractivity contribution in [2.75, 3.05) is 19.6 Å². The molecule has 1 atom stereocenters. The summed E-state index contributed by atoms with van der Waals surface area (Å²) in [6, 6.07) is -0.557. The normalized spacial score (nSPS) is 23.8. The fourth-order valence-electron chi connectivity index (χ4n) is 3.19. The number of nitrogens with one attached hydrogen (secondary N) is 1. The van der Waals surface area contributed by atoms with E-state index in [0.29, 0.717) is 32.2 Å². The molecule has 2 aliphatic heterocycles. The number of hydrogen-bond acceptors (Lipinski definition) is 4. The number of imide groups is 1. The molecule has 2 saturated heterocycles. The Morgan fingerprint density at radius 1 is 1.30 bits per heavy atom. The minimum absolute atomic E-state index is 0.129. The number of nitrogens with zero attached hydrogens (tertiary/aromatic N) is 2. The maximum atomic E-state index is 12.5. The van der Waals surface area contributed by atoms with Gasteiger partial charge in [0, 0.05) is 13.1 Å². The number of carboxylic acids is 1. The standard InChI is InChI=1S/C15H23N3O5/c1-3-15(4-2)13(22)18(14(23)16-15)9-11(19)17-7-5-6-10(8-17)12(20)21/h10H,3-9H2,1-2H3,(H,16,23)(H,20,21). The smallest absolute Gasteiger partial charge is 0.325 e. The van der Waals surface area contributed by atoms with E-state index in [1.54, 1.807) is 0 Å². The summed E-state index contributed by atoms with van der Waals surface area (Å²) in [5.74, 6) is -2.27. The zero-order valence-corrected chi connectivity index (χ0v) is 13.5. The van der Waals surface area contributed by atoms with Crippen LogP contribution in [0.5, 0.6) is 0 Å². The number of hydrogen-bond donors (Lipinski definition) is 2. The molecule has 23 heavy (non-hydrogen) atoms. The van der Waals surface area contributed by atoms with Crippen molar-refractivity contribution in [3.63, 3.8) is 0 Å². The average Bonchev–Trinajstić information content (AvgIpc) is 2.79. The van der Waals surface area contributed by atoms with E-state index >= 15 is 0 Å². The Morgan fingerprint density at radius 3 is 2.48 bits per heavy atom. The molecule has 0 aliphatic carbocycles. The lowest BCUT2D eigenvalue weighted by Gasteiger charge is -2.31. The quantitative estimate of drug-likeness (QED) is 0.712. The third kappa shape index (κ3) is 3.16. The van der Waals surface area contributed by atoms with Gasteiger partial charge in [-0.1, -0.05) is 13.8 Å². The van der Waals surface area contributed by atoms with E-state index in [0.717, 1.165) is 4.90 Å². The van der Waals surface area contributed by atoms with Gasteiger partial charge in [0.15, 0.2) is 0 Å². The highest BCUT2D eigenvalue weighted by Gasteiger charge is 2.49. The van der Waals surface area contributed by atoms with Gasteiger partial charge < -0.3 is 15.3 Å². The first kappa shape index (κ1) is 17.2. The lowest BCUT2D eigenvalue weighted by molar-refractivity contribution is -0.147. The van der Waals surface area contributed by atoms with Crippen LogP contribution in [-0.2, 0) is 14.4 Å². The first-order chi connectivity index (χ1) is 10.8. The molecule has 0 spiro atoms. The van der Waals surface area contributed by atoms with Crippen LogP contribution in [0.3, 0.4) is 0 Å². The second kappa shape index (κ2) is 6.55. The third-order valence-corrected chi connectivity index (χ3v) is 4.87. The fourth-order valence-corrected chi connectivity index (χ4v) is 3.19. The summed E-state index contributed by atoms with van der Waals surface area (Å²) in [6.07, 6.45) is 2.07. The van der Waals surface area contributed by atoms with E-state index in [2.05, 4.69) is 5.32 Å². The Kier molecular flexibility index (Phi) is 4.91. The molecule has 8 heteroatoms. The van der Waals surface area contributed by atoms with Gasteiger partial charge in [0.25, 0.3) is 5.91 Å². The lowest BCUT2D eigenvalue weighted by Crippen LogP contribution is -2.49. The average molecular weight is 325 g/mol. The summed E-state index contributed by atoms with van der Waals surface area (Å²) < 4.78 is 0. The summed E-state index contributed by atoms with van der Waals surface area (Å²) in [5, 5.41) is 11.7. The van der Waals surface area contributed by atoms with Gasteiger partial charge in [-0.25, -0.2) is 4.79 Å². The molecule has 2 aliphatic rings. The Bertz CT molecular complexity index is 529. The number of likely N-dealkylation sites (tertiary alicyclic amines) is 1. The zero-order valence-electron chi connectivity index (χ0n) is 13.5. The van der Waals surface area contributed by atoms with Crippen molar-refractivity contribution in [2.24, 2.45) is 5.92 Å². The van der Waals surface area contributed by atoms with Crippen LogP contribution in [0, 0.1) is 5.92 Å². The molecular weight excluding hydrogens is 302 g/mol. The van der Waals surface area contributed by atoms with Crippen molar-refractivity contribution < 1.29 is 24.3 Å². The van der Waals surface area contributed by atoms with Crippen molar-refractivity contribution in [1.82, 2.24) is 15.1 Å².